The first-order chi connectivity index (χ1) is 14.9. The third-order valence-electron chi connectivity index (χ3n) is 5.32. The van der Waals surface area contributed by atoms with Crippen LogP contribution in [0.3, 0.4) is 0 Å². The fraction of sp³-hybridized carbons (Fsp3) is 0.609. The average Bonchev–Trinajstić information content (AvgIpc) is 2.67. The lowest BCUT2D eigenvalue weighted by molar-refractivity contribution is -0.134. The summed E-state index contributed by atoms with van der Waals surface area (Å²) in [5.74, 6) is -0.604. The third-order valence-corrected chi connectivity index (χ3v) is 5.57. The van der Waals surface area contributed by atoms with Gasteiger partial charge in [0.15, 0.2) is 0 Å². The molecule has 1 aromatic carbocycles. The number of nitrogens with zero attached hydrogens (tertiary/aromatic N) is 1. The molecule has 0 radical (unpaired) electrons. The summed E-state index contributed by atoms with van der Waals surface area (Å²) in [5.41, 5.74) is -0.0766. The summed E-state index contributed by atoms with van der Waals surface area (Å²) in [7, 11) is 3.40. The summed E-state index contributed by atoms with van der Waals surface area (Å²) in [4.78, 5) is 39.0. The molecule has 32 heavy (non-hydrogen) atoms. The van der Waals surface area contributed by atoms with Crippen LogP contribution < -0.4 is 10.6 Å². The molecule has 1 unspecified atom stereocenters. The maximum Gasteiger partial charge on any atom is 0.407 e. The number of halogens is 1. The lowest BCUT2D eigenvalue weighted by Crippen LogP contribution is -2.56. The van der Waals surface area contributed by atoms with E-state index < -0.39 is 23.8 Å². The van der Waals surface area contributed by atoms with Crippen LogP contribution in [0.1, 0.15) is 58.1 Å². The largest absolute Gasteiger partial charge is 0.444 e. The molecular weight excluding hydrogens is 434 g/mol. The molecule has 3 N–H and O–H groups in total. The first-order valence-electron chi connectivity index (χ1n) is 10.8. The lowest BCUT2D eigenvalue weighted by Gasteiger charge is -2.37. The molecule has 1 aromatic rings. The van der Waals surface area contributed by atoms with Crippen LogP contribution in [0.2, 0.25) is 5.02 Å². The molecule has 0 aliphatic heterocycles. The molecule has 0 spiro atoms. The van der Waals surface area contributed by atoms with Gasteiger partial charge in [-0.05, 0) is 57.7 Å². The number of amides is 3. The van der Waals surface area contributed by atoms with Crippen molar-refractivity contribution in [3.63, 3.8) is 0 Å². The van der Waals surface area contributed by atoms with E-state index in [0.29, 0.717) is 29.8 Å². The van der Waals surface area contributed by atoms with E-state index in [1.54, 1.807) is 59.1 Å². The van der Waals surface area contributed by atoms with E-state index in [4.69, 9.17) is 16.3 Å². The van der Waals surface area contributed by atoms with Crippen LogP contribution >= 0.6 is 11.6 Å². The number of carbonyl (C=O) groups is 3. The molecule has 1 aliphatic rings. The zero-order chi connectivity index (χ0) is 24.1. The van der Waals surface area contributed by atoms with Gasteiger partial charge in [0.05, 0.1) is 18.6 Å². The number of carbonyl (C=O) groups excluding carboxylic acids is 3. The van der Waals surface area contributed by atoms with Gasteiger partial charge in [0.1, 0.15) is 5.60 Å². The third kappa shape index (κ3) is 7.98. The SMILES string of the molecule is CN(C)C(=O)[C@H]1CC[C@H](NC(=O)CC(O)c2ccc(Cl)cc2)[C@H](NC(=O)OC(C)(C)C)C1. The van der Waals surface area contributed by atoms with Crippen LogP contribution in [0.25, 0.3) is 0 Å². The molecule has 1 saturated carbocycles. The molecule has 8 nitrogen and oxygen atoms in total. The molecule has 9 heteroatoms. The molecule has 1 aliphatic carbocycles. The van der Waals surface area contributed by atoms with Gasteiger partial charge in [0, 0.05) is 31.1 Å². The summed E-state index contributed by atoms with van der Waals surface area (Å²) in [6, 6.07) is 5.81. The van der Waals surface area contributed by atoms with Crippen molar-refractivity contribution in [2.75, 3.05) is 14.1 Å². The van der Waals surface area contributed by atoms with E-state index in [9.17, 15) is 19.5 Å². The maximum absolute atomic E-state index is 12.6. The van der Waals surface area contributed by atoms with Crippen molar-refractivity contribution < 1.29 is 24.2 Å². The highest BCUT2D eigenvalue weighted by Gasteiger charge is 2.37. The Balaban J connectivity index is 2.05. The number of aliphatic hydroxyl groups is 1. The van der Waals surface area contributed by atoms with Crippen LogP contribution in [-0.2, 0) is 14.3 Å². The van der Waals surface area contributed by atoms with Gasteiger partial charge in [0.2, 0.25) is 11.8 Å². The van der Waals surface area contributed by atoms with E-state index in [1.807, 2.05) is 0 Å². The van der Waals surface area contributed by atoms with Crippen molar-refractivity contribution in [2.45, 2.75) is 70.2 Å². The quantitative estimate of drug-likeness (QED) is 0.596. The molecule has 0 bridgehead atoms. The fourth-order valence-corrected chi connectivity index (χ4v) is 3.92. The second-order valence-electron chi connectivity index (χ2n) is 9.44. The van der Waals surface area contributed by atoms with Gasteiger partial charge in [-0.1, -0.05) is 23.7 Å². The monoisotopic (exact) mass is 467 g/mol. The first kappa shape index (κ1) is 25.9. The summed E-state index contributed by atoms with van der Waals surface area (Å²) >= 11 is 5.87. The molecular formula is C23H34ClN3O5. The highest BCUT2D eigenvalue weighted by molar-refractivity contribution is 6.30. The predicted octanol–water partition coefficient (Wildman–Crippen LogP) is 3.03. The molecule has 0 heterocycles. The van der Waals surface area contributed by atoms with Gasteiger partial charge in [0.25, 0.3) is 0 Å². The van der Waals surface area contributed by atoms with Crippen molar-refractivity contribution in [2.24, 2.45) is 5.92 Å². The Bertz CT molecular complexity index is 807. The van der Waals surface area contributed by atoms with Gasteiger partial charge in [-0.25, -0.2) is 4.79 Å². The van der Waals surface area contributed by atoms with Crippen LogP contribution in [0.5, 0.6) is 0 Å². The number of rotatable bonds is 6. The van der Waals surface area contributed by atoms with E-state index in [1.165, 1.54) is 4.90 Å². The van der Waals surface area contributed by atoms with Crippen molar-refractivity contribution >= 4 is 29.5 Å². The normalized spacial score (nSPS) is 21.9. The Kier molecular flexibility index (Phi) is 8.92. The van der Waals surface area contributed by atoms with Crippen LogP contribution in [0.15, 0.2) is 24.3 Å². The van der Waals surface area contributed by atoms with E-state index in [0.717, 1.165) is 0 Å². The summed E-state index contributed by atoms with van der Waals surface area (Å²) in [6.07, 6.45) is -0.197. The second-order valence-corrected chi connectivity index (χ2v) is 9.88. The minimum atomic E-state index is -0.976. The molecule has 0 aromatic heterocycles. The highest BCUT2D eigenvalue weighted by atomic mass is 35.5. The average molecular weight is 468 g/mol. The number of nitrogens with one attached hydrogen (secondary N) is 2. The second kappa shape index (κ2) is 11.0. The number of ether oxygens (including phenoxy) is 1. The summed E-state index contributed by atoms with van der Waals surface area (Å²) in [5, 5.41) is 16.7. The Hall–Kier alpha value is -2.32. The number of aliphatic hydroxyl groups excluding tert-OH is 1. The van der Waals surface area contributed by atoms with Crippen molar-refractivity contribution in [3.05, 3.63) is 34.9 Å². The predicted molar refractivity (Wildman–Crippen MR) is 122 cm³/mol. The Morgan fingerprint density at radius 3 is 2.31 bits per heavy atom. The molecule has 4 atom stereocenters. The molecule has 2 rings (SSSR count). The lowest BCUT2D eigenvalue weighted by atomic mass is 9.81. The van der Waals surface area contributed by atoms with Gasteiger partial charge < -0.3 is 25.4 Å². The smallest absolute Gasteiger partial charge is 0.407 e. The van der Waals surface area contributed by atoms with Crippen LogP contribution in [0.4, 0.5) is 4.79 Å². The van der Waals surface area contributed by atoms with E-state index in [-0.39, 0.29) is 30.2 Å². The number of hydrogen-bond donors (Lipinski definition) is 3. The minimum Gasteiger partial charge on any atom is -0.444 e. The van der Waals surface area contributed by atoms with Crippen molar-refractivity contribution in [1.82, 2.24) is 15.5 Å². The van der Waals surface area contributed by atoms with Gasteiger partial charge in [-0.15, -0.1) is 0 Å². The highest BCUT2D eigenvalue weighted by Crippen LogP contribution is 2.27. The molecule has 3 amide bonds. The summed E-state index contributed by atoms with van der Waals surface area (Å²) in [6.45, 7) is 5.30. The summed E-state index contributed by atoms with van der Waals surface area (Å²) < 4.78 is 5.36. The van der Waals surface area contributed by atoms with Gasteiger partial charge in [-0.3, -0.25) is 9.59 Å². The zero-order valence-corrected chi connectivity index (χ0v) is 20.1. The van der Waals surface area contributed by atoms with E-state index in [2.05, 4.69) is 10.6 Å². The Labute approximate surface area is 194 Å². The fourth-order valence-electron chi connectivity index (χ4n) is 3.80. The maximum atomic E-state index is 12.6. The Morgan fingerprint density at radius 2 is 1.75 bits per heavy atom. The van der Waals surface area contributed by atoms with Crippen molar-refractivity contribution in [1.29, 1.82) is 0 Å². The van der Waals surface area contributed by atoms with Crippen LogP contribution in [0, 0.1) is 5.92 Å². The molecule has 1 fully saturated rings. The molecule has 0 saturated heterocycles. The first-order valence-corrected chi connectivity index (χ1v) is 11.2. The van der Waals surface area contributed by atoms with Gasteiger partial charge >= 0.3 is 6.09 Å². The number of alkyl carbamates (subject to hydrolysis) is 1. The van der Waals surface area contributed by atoms with Crippen LogP contribution in [-0.4, -0.2) is 59.7 Å². The number of hydrogen-bond acceptors (Lipinski definition) is 5. The Morgan fingerprint density at radius 1 is 1.12 bits per heavy atom. The number of benzene rings is 1. The van der Waals surface area contributed by atoms with Gasteiger partial charge in [-0.2, -0.15) is 0 Å². The minimum absolute atomic E-state index is 0.0103. The van der Waals surface area contributed by atoms with E-state index >= 15 is 0 Å². The standard InChI is InChI=1S/C23H34ClN3O5/c1-23(2,3)32-22(31)26-18-12-15(21(30)27(4)5)8-11-17(18)25-20(29)13-19(28)14-6-9-16(24)10-7-14/h6-7,9-10,15,17-19,28H,8,11-13H2,1-5H3,(H,25,29)(H,26,31)/t15-,17-,18+,19?/m0/s1. The van der Waals surface area contributed by atoms with Crippen molar-refractivity contribution in [3.8, 4) is 0 Å². The topological polar surface area (TPSA) is 108 Å². The molecule has 178 valence electrons. The zero-order valence-electron chi connectivity index (χ0n) is 19.4.